The molecule has 0 saturated heterocycles. The molecule has 0 saturated carbocycles. The van der Waals surface area contributed by atoms with Gasteiger partial charge in [-0.3, -0.25) is 4.90 Å². The number of halogens is 1. The van der Waals surface area contributed by atoms with Crippen molar-refractivity contribution in [3.8, 4) is 5.88 Å². The Hall–Kier alpha value is -0.810. The molecule has 0 aliphatic carbocycles. The molecule has 5 heteroatoms. The lowest BCUT2D eigenvalue weighted by molar-refractivity contribution is 0.140. The van der Waals surface area contributed by atoms with E-state index in [-0.39, 0.29) is 0 Å². The van der Waals surface area contributed by atoms with Crippen LogP contribution in [0.5, 0.6) is 5.88 Å². The molecule has 0 aliphatic rings. The van der Waals surface area contributed by atoms with Gasteiger partial charge >= 0.3 is 0 Å². The Morgan fingerprint density at radius 1 is 1.32 bits per heavy atom. The zero-order chi connectivity index (χ0) is 14.6. The lowest BCUT2D eigenvalue weighted by Crippen LogP contribution is -2.39. The Morgan fingerprint density at radius 2 is 1.89 bits per heavy atom. The standard InChI is InChI=1S/C14H24BrN3O/c1-9(2)18(10(3)4)6-7-19-14-13(15)11(5)12(16)8-17-14/h8-10H,6-7,16H2,1-5H3. The number of anilines is 1. The van der Waals surface area contributed by atoms with Crippen LogP contribution in [-0.4, -0.2) is 35.1 Å². The summed E-state index contributed by atoms with van der Waals surface area (Å²) in [5.74, 6) is 0.610. The summed E-state index contributed by atoms with van der Waals surface area (Å²) in [5.41, 5.74) is 7.43. The molecule has 19 heavy (non-hydrogen) atoms. The Bertz CT molecular complexity index is 413. The second kappa shape index (κ2) is 7.10. The van der Waals surface area contributed by atoms with Crippen LogP contribution in [0.3, 0.4) is 0 Å². The van der Waals surface area contributed by atoms with Crippen molar-refractivity contribution in [2.45, 2.75) is 46.7 Å². The molecule has 0 aromatic carbocycles. The highest BCUT2D eigenvalue weighted by Gasteiger charge is 2.14. The topological polar surface area (TPSA) is 51.4 Å². The van der Waals surface area contributed by atoms with E-state index < -0.39 is 0 Å². The van der Waals surface area contributed by atoms with Gasteiger partial charge in [0, 0.05) is 18.6 Å². The molecule has 0 unspecified atom stereocenters. The largest absolute Gasteiger partial charge is 0.475 e. The minimum absolute atomic E-state index is 0.508. The normalized spacial score (nSPS) is 11.6. The molecule has 0 fully saturated rings. The molecule has 0 amide bonds. The van der Waals surface area contributed by atoms with Gasteiger partial charge in [0.1, 0.15) is 6.61 Å². The molecular formula is C14H24BrN3O. The number of hydrogen-bond acceptors (Lipinski definition) is 4. The van der Waals surface area contributed by atoms with Gasteiger partial charge in [-0.1, -0.05) is 0 Å². The van der Waals surface area contributed by atoms with Crippen molar-refractivity contribution in [1.29, 1.82) is 0 Å². The minimum atomic E-state index is 0.508. The lowest BCUT2D eigenvalue weighted by Gasteiger charge is -2.30. The molecule has 0 atom stereocenters. The first kappa shape index (κ1) is 16.2. The van der Waals surface area contributed by atoms with Crippen molar-refractivity contribution in [2.75, 3.05) is 18.9 Å². The summed E-state index contributed by atoms with van der Waals surface area (Å²) in [6.07, 6.45) is 1.64. The molecule has 0 radical (unpaired) electrons. The molecule has 0 spiro atoms. The van der Waals surface area contributed by atoms with Crippen LogP contribution in [0, 0.1) is 6.92 Å². The molecular weight excluding hydrogens is 306 g/mol. The first-order valence-corrected chi connectivity index (χ1v) is 7.43. The first-order valence-electron chi connectivity index (χ1n) is 6.63. The van der Waals surface area contributed by atoms with Gasteiger partial charge < -0.3 is 10.5 Å². The van der Waals surface area contributed by atoms with Crippen LogP contribution in [-0.2, 0) is 0 Å². The smallest absolute Gasteiger partial charge is 0.228 e. The van der Waals surface area contributed by atoms with E-state index in [1.165, 1.54) is 0 Å². The van der Waals surface area contributed by atoms with Crippen molar-refractivity contribution >= 4 is 21.6 Å². The van der Waals surface area contributed by atoms with E-state index in [1.54, 1.807) is 6.20 Å². The molecule has 108 valence electrons. The highest BCUT2D eigenvalue weighted by Crippen LogP contribution is 2.29. The maximum absolute atomic E-state index is 5.79. The van der Waals surface area contributed by atoms with Crippen molar-refractivity contribution < 1.29 is 4.74 Å². The Labute approximate surface area is 124 Å². The summed E-state index contributed by atoms with van der Waals surface area (Å²) in [6.45, 7) is 12.2. The van der Waals surface area contributed by atoms with Gasteiger partial charge in [0.15, 0.2) is 0 Å². The number of hydrogen-bond donors (Lipinski definition) is 1. The zero-order valence-corrected chi connectivity index (χ0v) is 14.0. The van der Waals surface area contributed by atoms with E-state index in [0.717, 1.165) is 16.6 Å². The Kier molecular flexibility index (Phi) is 6.07. The number of nitrogen functional groups attached to an aromatic ring is 1. The molecule has 1 aromatic rings. The number of nitrogens with zero attached hydrogens (tertiary/aromatic N) is 2. The van der Waals surface area contributed by atoms with E-state index in [2.05, 4.69) is 53.5 Å². The van der Waals surface area contributed by atoms with Gasteiger partial charge in [0.25, 0.3) is 0 Å². The fourth-order valence-corrected chi connectivity index (χ4v) is 2.48. The minimum Gasteiger partial charge on any atom is -0.475 e. The van der Waals surface area contributed by atoms with Crippen molar-refractivity contribution in [2.24, 2.45) is 0 Å². The fourth-order valence-electron chi connectivity index (χ4n) is 2.03. The van der Waals surface area contributed by atoms with Crippen LogP contribution >= 0.6 is 15.9 Å². The van der Waals surface area contributed by atoms with E-state index >= 15 is 0 Å². The highest BCUT2D eigenvalue weighted by molar-refractivity contribution is 9.10. The predicted molar refractivity (Wildman–Crippen MR) is 83.6 cm³/mol. The molecule has 4 nitrogen and oxygen atoms in total. The first-order chi connectivity index (χ1) is 8.84. The Balaban J connectivity index is 2.60. The molecule has 1 heterocycles. The molecule has 0 bridgehead atoms. The van der Waals surface area contributed by atoms with Crippen molar-refractivity contribution in [3.05, 3.63) is 16.2 Å². The molecule has 0 aliphatic heterocycles. The number of rotatable bonds is 6. The summed E-state index contributed by atoms with van der Waals surface area (Å²) in [5, 5.41) is 0. The van der Waals surface area contributed by atoms with Gasteiger partial charge in [-0.2, -0.15) is 0 Å². The molecule has 1 aromatic heterocycles. The Morgan fingerprint density at radius 3 is 2.42 bits per heavy atom. The van der Waals surface area contributed by atoms with E-state index in [9.17, 15) is 0 Å². The summed E-state index contributed by atoms with van der Waals surface area (Å²) in [4.78, 5) is 6.60. The van der Waals surface area contributed by atoms with Crippen LogP contribution < -0.4 is 10.5 Å². The number of nitrogens with two attached hydrogens (primary N) is 1. The number of aromatic nitrogens is 1. The van der Waals surface area contributed by atoms with Crippen LogP contribution in [0.25, 0.3) is 0 Å². The summed E-state index contributed by atoms with van der Waals surface area (Å²) < 4.78 is 6.59. The van der Waals surface area contributed by atoms with Gasteiger partial charge in [-0.05, 0) is 56.1 Å². The zero-order valence-electron chi connectivity index (χ0n) is 12.4. The van der Waals surface area contributed by atoms with E-state index in [1.807, 2.05) is 6.92 Å². The molecule has 2 N–H and O–H groups in total. The second-order valence-corrected chi connectivity index (χ2v) is 6.02. The number of pyridine rings is 1. The monoisotopic (exact) mass is 329 g/mol. The second-order valence-electron chi connectivity index (χ2n) is 5.23. The van der Waals surface area contributed by atoms with Gasteiger partial charge in [-0.25, -0.2) is 4.98 Å². The average Bonchev–Trinajstić information content (AvgIpc) is 2.33. The van der Waals surface area contributed by atoms with Crippen LogP contribution in [0.15, 0.2) is 10.7 Å². The maximum atomic E-state index is 5.79. The average molecular weight is 330 g/mol. The van der Waals surface area contributed by atoms with Crippen molar-refractivity contribution in [1.82, 2.24) is 9.88 Å². The van der Waals surface area contributed by atoms with E-state index in [4.69, 9.17) is 10.5 Å². The third-order valence-electron chi connectivity index (χ3n) is 3.19. The highest BCUT2D eigenvalue weighted by atomic mass is 79.9. The van der Waals surface area contributed by atoms with Crippen LogP contribution in [0.1, 0.15) is 33.3 Å². The van der Waals surface area contributed by atoms with E-state index in [0.29, 0.717) is 30.3 Å². The quantitative estimate of drug-likeness (QED) is 0.870. The van der Waals surface area contributed by atoms with Crippen molar-refractivity contribution in [3.63, 3.8) is 0 Å². The fraction of sp³-hybridized carbons (Fsp3) is 0.643. The molecule has 1 rings (SSSR count). The third-order valence-corrected chi connectivity index (χ3v) is 4.12. The predicted octanol–water partition coefficient (Wildman–Crippen LogP) is 3.23. The van der Waals surface area contributed by atoms with Crippen LogP contribution in [0.2, 0.25) is 0 Å². The van der Waals surface area contributed by atoms with Gasteiger partial charge in [0.05, 0.1) is 16.4 Å². The van der Waals surface area contributed by atoms with Gasteiger partial charge in [-0.15, -0.1) is 0 Å². The number of ether oxygens (including phenoxy) is 1. The summed E-state index contributed by atoms with van der Waals surface area (Å²) in [6, 6.07) is 1.02. The van der Waals surface area contributed by atoms with Crippen LogP contribution in [0.4, 0.5) is 5.69 Å². The lowest BCUT2D eigenvalue weighted by atomic mass is 10.2. The maximum Gasteiger partial charge on any atom is 0.228 e. The summed E-state index contributed by atoms with van der Waals surface area (Å²) in [7, 11) is 0. The summed E-state index contributed by atoms with van der Waals surface area (Å²) >= 11 is 3.47. The van der Waals surface area contributed by atoms with Gasteiger partial charge in [0.2, 0.25) is 5.88 Å². The SMILES string of the molecule is Cc1c(N)cnc(OCCN(C(C)C)C(C)C)c1Br. The third kappa shape index (κ3) is 4.35.